The number of anilines is 1. The van der Waals surface area contributed by atoms with E-state index in [1.165, 1.54) is 0 Å². The van der Waals surface area contributed by atoms with E-state index in [1.807, 2.05) is 42.5 Å². The van der Waals surface area contributed by atoms with Gasteiger partial charge in [0.2, 0.25) is 0 Å². The molecule has 1 heterocycles. The number of nitrogens with two attached hydrogens (primary N) is 1. The second kappa shape index (κ2) is 5.09. The Morgan fingerprint density at radius 3 is 2.70 bits per heavy atom. The first kappa shape index (κ1) is 12.3. The fourth-order valence-corrected chi connectivity index (χ4v) is 2.07. The number of methoxy groups -OCH3 is 1. The summed E-state index contributed by atoms with van der Waals surface area (Å²) in [7, 11) is 1.63. The molecule has 0 bridgehead atoms. The monoisotopic (exact) mass is 266 g/mol. The molecule has 2 aromatic carbocycles. The van der Waals surface area contributed by atoms with Crippen molar-refractivity contribution in [3.05, 3.63) is 54.9 Å². The van der Waals surface area contributed by atoms with E-state index in [0.717, 1.165) is 22.3 Å². The standard InChI is InChI=1S/C16H14N2O2/c1-19-11-3-2-4-12(9-11)20-16-6-5-15(17)13-7-8-18-10-14(13)16/h2-10H,17H2,1H3. The number of pyridine rings is 1. The van der Waals surface area contributed by atoms with Crippen LogP contribution in [0.2, 0.25) is 0 Å². The van der Waals surface area contributed by atoms with Gasteiger partial charge in [-0.2, -0.15) is 0 Å². The van der Waals surface area contributed by atoms with Crippen molar-refractivity contribution in [2.24, 2.45) is 0 Å². The highest BCUT2D eigenvalue weighted by Gasteiger charge is 2.06. The van der Waals surface area contributed by atoms with Gasteiger partial charge in [0.1, 0.15) is 17.2 Å². The summed E-state index contributed by atoms with van der Waals surface area (Å²) in [4.78, 5) is 4.13. The second-order valence-corrected chi connectivity index (χ2v) is 4.36. The SMILES string of the molecule is COc1cccc(Oc2ccc(N)c3ccncc23)c1. The topological polar surface area (TPSA) is 57.4 Å². The third kappa shape index (κ3) is 2.23. The highest BCUT2D eigenvalue weighted by Crippen LogP contribution is 2.33. The Morgan fingerprint density at radius 1 is 1.00 bits per heavy atom. The molecule has 0 aliphatic carbocycles. The minimum atomic E-state index is 0.708. The number of aromatic nitrogens is 1. The van der Waals surface area contributed by atoms with E-state index in [9.17, 15) is 0 Å². The number of nitrogen functional groups attached to an aromatic ring is 1. The number of benzene rings is 2. The second-order valence-electron chi connectivity index (χ2n) is 4.36. The number of nitrogens with zero attached hydrogens (tertiary/aromatic N) is 1. The minimum Gasteiger partial charge on any atom is -0.497 e. The molecular formula is C16H14N2O2. The van der Waals surface area contributed by atoms with Crippen LogP contribution in [-0.2, 0) is 0 Å². The fraction of sp³-hybridized carbons (Fsp3) is 0.0625. The molecule has 100 valence electrons. The molecule has 0 spiro atoms. The average molecular weight is 266 g/mol. The fourth-order valence-electron chi connectivity index (χ4n) is 2.07. The minimum absolute atomic E-state index is 0.708. The Kier molecular flexibility index (Phi) is 3.13. The number of rotatable bonds is 3. The van der Waals surface area contributed by atoms with Crippen LogP contribution in [0.5, 0.6) is 17.2 Å². The maximum atomic E-state index is 5.96. The highest BCUT2D eigenvalue weighted by molar-refractivity contribution is 5.96. The van der Waals surface area contributed by atoms with Crippen molar-refractivity contribution < 1.29 is 9.47 Å². The van der Waals surface area contributed by atoms with Gasteiger partial charge < -0.3 is 15.2 Å². The Hall–Kier alpha value is -2.75. The van der Waals surface area contributed by atoms with Gasteiger partial charge in [-0.25, -0.2) is 0 Å². The van der Waals surface area contributed by atoms with Crippen LogP contribution in [0.4, 0.5) is 5.69 Å². The number of hydrogen-bond donors (Lipinski definition) is 1. The molecule has 3 aromatic rings. The van der Waals surface area contributed by atoms with E-state index < -0.39 is 0 Å². The van der Waals surface area contributed by atoms with Gasteiger partial charge in [-0.1, -0.05) is 6.07 Å². The van der Waals surface area contributed by atoms with Crippen molar-refractivity contribution in [1.29, 1.82) is 0 Å². The molecule has 0 amide bonds. The van der Waals surface area contributed by atoms with Gasteiger partial charge >= 0.3 is 0 Å². The summed E-state index contributed by atoms with van der Waals surface area (Å²) in [6.45, 7) is 0. The maximum Gasteiger partial charge on any atom is 0.136 e. The molecule has 20 heavy (non-hydrogen) atoms. The predicted octanol–water partition coefficient (Wildman–Crippen LogP) is 3.62. The molecule has 4 nitrogen and oxygen atoms in total. The normalized spacial score (nSPS) is 10.4. The van der Waals surface area contributed by atoms with E-state index in [1.54, 1.807) is 19.5 Å². The number of ether oxygens (including phenoxy) is 2. The Bertz CT molecular complexity index is 756. The smallest absolute Gasteiger partial charge is 0.136 e. The summed E-state index contributed by atoms with van der Waals surface area (Å²) >= 11 is 0. The quantitative estimate of drug-likeness (QED) is 0.736. The Balaban J connectivity index is 2.04. The molecule has 0 aliphatic rings. The summed E-state index contributed by atoms with van der Waals surface area (Å²) in [6.07, 6.45) is 3.47. The molecule has 0 radical (unpaired) electrons. The van der Waals surface area contributed by atoms with Gasteiger partial charge in [0.05, 0.1) is 7.11 Å². The van der Waals surface area contributed by atoms with Crippen molar-refractivity contribution in [2.45, 2.75) is 0 Å². The number of fused-ring (bicyclic) bond motifs is 1. The van der Waals surface area contributed by atoms with Crippen LogP contribution in [-0.4, -0.2) is 12.1 Å². The summed E-state index contributed by atoms with van der Waals surface area (Å²) in [5, 5.41) is 1.82. The van der Waals surface area contributed by atoms with Crippen LogP contribution in [0, 0.1) is 0 Å². The zero-order valence-corrected chi connectivity index (χ0v) is 11.0. The first-order valence-electron chi connectivity index (χ1n) is 6.22. The molecule has 0 saturated carbocycles. The van der Waals surface area contributed by atoms with Crippen LogP contribution in [0.3, 0.4) is 0 Å². The molecule has 0 saturated heterocycles. The van der Waals surface area contributed by atoms with E-state index in [-0.39, 0.29) is 0 Å². The summed E-state index contributed by atoms with van der Waals surface area (Å²) < 4.78 is 11.1. The van der Waals surface area contributed by atoms with E-state index in [2.05, 4.69) is 4.98 Å². The van der Waals surface area contributed by atoms with Crippen LogP contribution in [0.1, 0.15) is 0 Å². The summed E-state index contributed by atoms with van der Waals surface area (Å²) in [5.74, 6) is 2.18. The lowest BCUT2D eigenvalue weighted by Crippen LogP contribution is -1.91. The van der Waals surface area contributed by atoms with Gasteiger partial charge in [0.25, 0.3) is 0 Å². The third-order valence-corrected chi connectivity index (χ3v) is 3.08. The lowest BCUT2D eigenvalue weighted by Gasteiger charge is -2.11. The molecule has 4 heteroatoms. The van der Waals surface area contributed by atoms with Crippen LogP contribution in [0.15, 0.2) is 54.9 Å². The molecule has 0 fully saturated rings. The summed E-state index contributed by atoms with van der Waals surface area (Å²) in [6, 6.07) is 13.0. The first-order valence-corrected chi connectivity index (χ1v) is 6.22. The maximum absolute atomic E-state index is 5.96. The summed E-state index contributed by atoms with van der Waals surface area (Å²) in [5.41, 5.74) is 6.67. The highest BCUT2D eigenvalue weighted by atomic mass is 16.5. The zero-order chi connectivity index (χ0) is 13.9. The largest absolute Gasteiger partial charge is 0.497 e. The Morgan fingerprint density at radius 2 is 1.85 bits per heavy atom. The molecular weight excluding hydrogens is 252 g/mol. The molecule has 0 aliphatic heterocycles. The predicted molar refractivity (Wildman–Crippen MR) is 79.2 cm³/mol. The van der Waals surface area contributed by atoms with Crippen molar-refractivity contribution in [3.63, 3.8) is 0 Å². The van der Waals surface area contributed by atoms with Gasteiger partial charge in [-0.15, -0.1) is 0 Å². The molecule has 0 unspecified atom stereocenters. The molecule has 3 rings (SSSR count). The third-order valence-electron chi connectivity index (χ3n) is 3.08. The zero-order valence-electron chi connectivity index (χ0n) is 11.0. The van der Waals surface area contributed by atoms with Gasteiger partial charge in [0.15, 0.2) is 0 Å². The van der Waals surface area contributed by atoms with Crippen LogP contribution < -0.4 is 15.2 Å². The lowest BCUT2D eigenvalue weighted by molar-refractivity contribution is 0.409. The van der Waals surface area contributed by atoms with Crippen molar-refractivity contribution in [1.82, 2.24) is 4.98 Å². The van der Waals surface area contributed by atoms with Crippen LogP contribution >= 0.6 is 0 Å². The Labute approximate surface area is 116 Å². The van der Waals surface area contributed by atoms with Gasteiger partial charge in [-0.05, 0) is 30.3 Å². The van der Waals surface area contributed by atoms with E-state index in [4.69, 9.17) is 15.2 Å². The first-order chi connectivity index (χ1) is 9.78. The average Bonchev–Trinajstić information content (AvgIpc) is 2.51. The molecule has 1 aromatic heterocycles. The van der Waals surface area contributed by atoms with Crippen LogP contribution in [0.25, 0.3) is 10.8 Å². The van der Waals surface area contributed by atoms with E-state index in [0.29, 0.717) is 11.4 Å². The number of hydrogen-bond acceptors (Lipinski definition) is 4. The molecule has 0 atom stereocenters. The van der Waals surface area contributed by atoms with Gasteiger partial charge in [0, 0.05) is 34.9 Å². The molecule has 2 N–H and O–H groups in total. The van der Waals surface area contributed by atoms with Crippen molar-refractivity contribution in [3.8, 4) is 17.2 Å². The van der Waals surface area contributed by atoms with E-state index >= 15 is 0 Å². The van der Waals surface area contributed by atoms with Gasteiger partial charge in [-0.3, -0.25) is 4.98 Å². The van der Waals surface area contributed by atoms with Crippen molar-refractivity contribution in [2.75, 3.05) is 12.8 Å². The van der Waals surface area contributed by atoms with Crippen molar-refractivity contribution >= 4 is 16.5 Å². The lowest BCUT2D eigenvalue weighted by atomic mass is 10.1.